The summed E-state index contributed by atoms with van der Waals surface area (Å²) in [4.78, 5) is 12.2. The van der Waals surface area contributed by atoms with Gasteiger partial charge in [-0.2, -0.15) is 5.10 Å². The standard InChI is InChI=1S/C28H23ClN2O3/c29-26-12-6-4-10-23(26)19-33-24-16-14-21(15-17-24)18-30-31-28(32)20-34-27-13-7-5-11-25(27)22-8-2-1-3-9-22/h1-18H,19-20H2,(H,31,32)/b30-18-. The van der Waals surface area contributed by atoms with E-state index in [0.29, 0.717) is 23.1 Å². The van der Waals surface area contributed by atoms with Gasteiger partial charge in [0.2, 0.25) is 0 Å². The number of nitrogens with one attached hydrogen (secondary N) is 1. The maximum Gasteiger partial charge on any atom is 0.277 e. The number of para-hydroxylation sites is 1. The fourth-order valence-corrected chi connectivity index (χ4v) is 3.42. The summed E-state index contributed by atoms with van der Waals surface area (Å²) in [7, 11) is 0. The van der Waals surface area contributed by atoms with E-state index in [9.17, 15) is 4.79 Å². The van der Waals surface area contributed by atoms with E-state index in [-0.39, 0.29) is 12.5 Å². The second-order valence-corrected chi connectivity index (χ2v) is 7.80. The maximum atomic E-state index is 12.2. The Bertz CT molecular complexity index is 1260. The number of halogens is 1. The average Bonchev–Trinajstić information content (AvgIpc) is 2.88. The predicted octanol–water partition coefficient (Wildman–Crippen LogP) is 6.12. The summed E-state index contributed by atoms with van der Waals surface area (Å²) in [5.41, 5.74) is 6.18. The first-order chi connectivity index (χ1) is 16.7. The fourth-order valence-electron chi connectivity index (χ4n) is 3.23. The Morgan fingerprint density at radius 1 is 0.824 bits per heavy atom. The van der Waals surface area contributed by atoms with Crippen LogP contribution < -0.4 is 14.9 Å². The van der Waals surface area contributed by atoms with Crippen LogP contribution in [0.2, 0.25) is 5.02 Å². The molecule has 0 aliphatic rings. The molecule has 0 unspecified atom stereocenters. The monoisotopic (exact) mass is 470 g/mol. The van der Waals surface area contributed by atoms with E-state index in [1.807, 2.05) is 103 Å². The Balaban J connectivity index is 1.26. The summed E-state index contributed by atoms with van der Waals surface area (Å²) in [6.45, 7) is 0.243. The second-order valence-electron chi connectivity index (χ2n) is 7.39. The number of hydrazone groups is 1. The average molecular weight is 471 g/mol. The van der Waals surface area contributed by atoms with Gasteiger partial charge < -0.3 is 9.47 Å². The van der Waals surface area contributed by atoms with Gasteiger partial charge in [0.15, 0.2) is 6.61 Å². The molecule has 4 aromatic carbocycles. The van der Waals surface area contributed by atoms with Gasteiger partial charge in [0, 0.05) is 16.1 Å². The van der Waals surface area contributed by atoms with Crippen molar-refractivity contribution in [1.82, 2.24) is 5.43 Å². The van der Waals surface area contributed by atoms with Crippen molar-refractivity contribution < 1.29 is 14.3 Å². The van der Waals surface area contributed by atoms with E-state index >= 15 is 0 Å². The highest BCUT2D eigenvalue weighted by Crippen LogP contribution is 2.29. The van der Waals surface area contributed by atoms with Crippen LogP contribution in [0, 0.1) is 0 Å². The quantitative estimate of drug-likeness (QED) is 0.237. The molecule has 170 valence electrons. The molecule has 0 atom stereocenters. The van der Waals surface area contributed by atoms with Crippen LogP contribution in [-0.2, 0) is 11.4 Å². The Morgan fingerprint density at radius 2 is 1.53 bits per heavy atom. The molecular weight excluding hydrogens is 448 g/mol. The molecule has 0 heterocycles. The molecule has 6 heteroatoms. The summed E-state index contributed by atoms with van der Waals surface area (Å²) < 4.78 is 11.5. The Labute approximate surface area is 203 Å². The minimum absolute atomic E-state index is 0.143. The summed E-state index contributed by atoms with van der Waals surface area (Å²) in [5, 5.41) is 4.68. The Hall–Kier alpha value is -4.09. The summed E-state index contributed by atoms with van der Waals surface area (Å²) in [6.07, 6.45) is 1.56. The SMILES string of the molecule is O=C(COc1ccccc1-c1ccccc1)N/N=C\c1ccc(OCc2ccccc2Cl)cc1. The van der Waals surface area contributed by atoms with Crippen molar-refractivity contribution in [2.24, 2.45) is 5.10 Å². The number of hydrogen-bond donors (Lipinski definition) is 1. The van der Waals surface area contributed by atoms with Gasteiger partial charge in [-0.05, 0) is 47.5 Å². The third-order valence-electron chi connectivity index (χ3n) is 4.97. The summed E-state index contributed by atoms with van der Waals surface area (Å²) in [6, 6.07) is 32.4. The van der Waals surface area contributed by atoms with Crippen molar-refractivity contribution in [2.45, 2.75) is 6.61 Å². The minimum Gasteiger partial charge on any atom is -0.489 e. The van der Waals surface area contributed by atoms with Crippen molar-refractivity contribution in [2.75, 3.05) is 6.61 Å². The van der Waals surface area contributed by atoms with Gasteiger partial charge in [0.25, 0.3) is 5.91 Å². The molecule has 0 saturated heterocycles. The highest BCUT2D eigenvalue weighted by Gasteiger charge is 2.08. The van der Waals surface area contributed by atoms with Crippen LogP contribution in [0.4, 0.5) is 0 Å². The molecule has 0 bridgehead atoms. The smallest absolute Gasteiger partial charge is 0.277 e. The first kappa shape index (κ1) is 23.1. The van der Waals surface area contributed by atoms with Crippen LogP contribution in [0.25, 0.3) is 11.1 Å². The molecule has 0 aliphatic heterocycles. The van der Waals surface area contributed by atoms with Gasteiger partial charge in [0.1, 0.15) is 18.1 Å². The van der Waals surface area contributed by atoms with Crippen LogP contribution in [0.3, 0.4) is 0 Å². The Morgan fingerprint density at radius 3 is 2.32 bits per heavy atom. The second kappa shape index (κ2) is 11.7. The zero-order valence-electron chi connectivity index (χ0n) is 18.4. The van der Waals surface area contributed by atoms with Crippen molar-refractivity contribution in [3.63, 3.8) is 0 Å². The lowest BCUT2D eigenvalue weighted by molar-refractivity contribution is -0.123. The number of hydrogen-bond acceptors (Lipinski definition) is 4. The van der Waals surface area contributed by atoms with E-state index in [1.54, 1.807) is 6.21 Å². The molecule has 0 aliphatic carbocycles. The van der Waals surface area contributed by atoms with E-state index in [0.717, 1.165) is 22.3 Å². The van der Waals surface area contributed by atoms with Gasteiger partial charge >= 0.3 is 0 Å². The van der Waals surface area contributed by atoms with Gasteiger partial charge in [-0.3, -0.25) is 4.79 Å². The number of carbonyl (C=O) groups excluding carboxylic acids is 1. The normalized spacial score (nSPS) is 10.7. The number of carbonyl (C=O) groups is 1. The first-order valence-corrected chi connectivity index (χ1v) is 11.1. The molecule has 5 nitrogen and oxygen atoms in total. The topological polar surface area (TPSA) is 59.9 Å². The van der Waals surface area contributed by atoms with Crippen molar-refractivity contribution in [3.8, 4) is 22.6 Å². The molecule has 1 amide bonds. The third-order valence-corrected chi connectivity index (χ3v) is 5.33. The maximum absolute atomic E-state index is 12.2. The van der Waals surface area contributed by atoms with Crippen LogP contribution in [0.1, 0.15) is 11.1 Å². The highest BCUT2D eigenvalue weighted by atomic mass is 35.5. The van der Waals surface area contributed by atoms with Crippen LogP contribution >= 0.6 is 11.6 Å². The zero-order chi connectivity index (χ0) is 23.6. The molecule has 4 rings (SSSR count). The minimum atomic E-state index is -0.348. The molecule has 0 spiro atoms. The molecule has 4 aromatic rings. The lowest BCUT2D eigenvalue weighted by atomic mass is 10.1. The number of amides is 1. The van der Waals surface area contributed by atoms with E-state index < -0.39 is 0 Å². The molecule has 34 heavy (non-hydrogen) atoms. The zero-order valence-corrected chi connectivity index (χ0v) is 19.1. The molecule has 1 N–H and O–H groups in total. The van der Waals surface area contributed by atoms with Gasteiger partial charge in [-0.15, -0.1) is 0 Å². The van der Waals surface area contributed by atoms with Crippen molar-refractivity contribution in [1.29, 1.82) is 0 Å². The lowest BCUT2D eigenvalue weighted by Crippen LogP contribution is -2.24. The van der Waals surface area contributed by atoms with Crippen LogP contribution in [0.15, 0.2) is 108 Å². The summed E-state index contributed by atoms with van der Waals surface area (Å²) >= 11 is 6.15. The number of rotatable bonds is 9. The van der Waals surface area contributed by atoms with Crippen LogP contribution in [-0.4, -0.2) is 18.7 Å². The van der Waals surface area contributed by atoms with Crippen molar-refractivity contribution >= 4 is 23.7 Å². The van der Waals surface area contributed by atoms with Gasteiger partial charge in [-0.1, -0.05) is 78.3 Å². The highest BCUT2D eigenvalue weighted by molar-refractivity contribution is 6.31. The number of benzene rings is 4. The first-order valence-electron chi connectivity index (χ1n) is 10.7. The summed E-state index contributed by atoms with van der Waals surface area (Å²) in [5.74, 6) is 1.01. The van der Waals surface area contributed by atoms with Gasteiger partial charge in [0.05, 0.1) is 6.21 Å². The molecule has 0 radical (unpaired) electrons. The van der Waals surface area contributed by atoms with Crippen LogP contribution in [0.5, 0.6) is 11.5 Å². The number of ether oxygens (including phenoxy) is 2. The lowest BCUT2D eigenvalue weighted by Gasteiger charge is -2.10. The largest absolute Gasteiger partial charge is 0.489 e. The molecular formula is C28H23ClN2O3. The van der Waals surface area contributed by atoms with Gasteiger partial charge in [-0.25, -0.2) is 5.43 Å². The van der Waals surface area contributed by atoms with E-state index in [4.69, 9.17) is 21.1 Å². The molecule has 0 aromatic heterocycles. The number of nitrogens with zero attached hydrogens (tertiary/aromatic N) is 1. The Kier molecular flexibility index (Phi) is 7.93. The van der Waals surface area contributed by atoms with E-state index in [2.05, 4.69) is 10.5 Å². The fraction of sp³-hybridized carbons (Fsp3) is 0.0714. The molecule has 0 saturated carbocycles. The molecule has 0 fully saturated rings. The van der Waals surface area contributed by atoms with E-state index in [1.165, 1.54) is 0 Å². The third kappa shape index (κ3) is 6.47. The predicted molar refractivity (Wildman–Crippen MR) is 135 cm³/mol. The van der Waals surface area contributed by atoms with Crippen molar-refractivity contribution in [3.05, 3.63) is 119 Å².